The van der Waals surface area contributed by atoms with Gasteiger partial charge in [-0.3, -0.25) is 0 Å². The van der Waals surface area contributed by atoms with Crippen molar-refractivity contribution in [3.63, 3.8) is 0 Å². The highest BCUT2D eigenvalue weighted by molar-refractivity contribution is 4.86. The first-order valence-corrected chi connectivity index (χ1v) is 4.92. The normalized spacial score (nSPS) is 10.8. The fourth-order valence-electron chi connectivity index (χ4n) is 1.25. The second kappa shape index (κ2) is 5.54. The van der Waals surface area contributed by atoms with E-state index in [9.17, 15) is 0 Å². The van der Waals surface area contributed by atoms with Crippen LogP contribution in [0.5, 0.6) is 0 Å². The van der Waals surface area contributed by atoms with Gasteiger partial charge in [-0.15, -0.1) is 16.8 Å². The highest BCUT2D eigenvalue weighted by Crippen LogP contribution is 2.01. The Labute approximate surface area is 85.0 Å². The molecule has 0 aliphatic carbocycles. The third-order valence-corrected chi connectivity index (χ3v) is 1.83. The van der Waals surface area contributed by atoms with E-state index in [1.54, 1.807) is 6.33 Å². The lowest BCUT2D eigenvalue weighted by Crippen LogP contribution is -2.17. The number of rotatable bonds is 6. The number of hydrogen-bond acceptors (Lipinski definition) is 3. The van der Waals surface area contributed by atoms with Crippen molar-refractivity contribution in [2.45, 2.75) is 26.9 Å². The van der Waals surface area contributed by atoms with Gasteiger partial charge in [-0.1, -0.05) is 19.9 Å². The zero-order valence-electron chi connectivity index (χ0n) is 8.90. The molecule has 0 fully saturated rings. The maximum atomic E-state index is 4.06. The van der Waals surface area contributed by atoms with E-state index in [1.165, 1.54) is 0 Å². The minimum absolute atomic E-state index is 0.615. The van der Waals surface area contributed by atoms with E-state index in [4.69, 9.17) is 0 Å². The lowest BCUT2D eigenvalue weighted by molar-refractivity contribution is 0.499. The number of nitrogens with one attached hydrogen (secondary N) is 1. The van der Waals surface area contributed by atoms with Gasteiger partial charge in [0.05, 0.1) is 6.54 Å². The summed E-state index contributed by atoms with van der Waals surface area (Å²) >= 11 is 0. The molecular formula is C10H18N4. The third kappa shape index (κ3) is 3.30. The van der Waals surface area contributed by atoms with Crippen LogP contribution in [0.2, 0.25) is 0 Å². The Morgan fingerprint density at radius 2 is 2.43 bits per heavy atom. The van der Waals surface area contributed by atoms with E-state index >= 15 is 0 Å². The first-order valence-electron chi connectivity index (χ1n) is 4.92. The standard InChI is InChI=1S/C10H18N4/c1-4-5-11-6-10-13-12-8-14(10)7-9(2)3/h4,8-9,11H,1,5-7H2,2-3H3. The van der Waals surface area contributed by atoms with E-state index in [2.05, 4.69) is 40.5 Å². The van der Waals surface area contributed by atoms with Gasteiger partial charge in [0.25, 0.3) is 0 Å². The molecule has 1 heterocycles. The van der Waals surface area contributed by atoms with Crippen LogP contribution in [0.4, 0.5) is 0 Å². The maximum Gasteiger partial charge on any atom is 0.146 e. The lowest BCUT2D eigenvalue weighted by atomic mass is 10.2. The molecule has 0 aliphatic heterocycles. The van der Waals surface area contributed by atoms with Crippen LogP contribution in [0, 0.1) is 5.92 Å². The van der Waals surface area contributed by atoms with Crippen LogP contribution in [0.15, 0.2) is 19.0 Å². The summed E-state index contributed by atoms with van der Waals surface area (Å²) in [6, 6.07) is 0. The average Bonchev–Trinajstić information content (AvgIpc) is 2.52. The van der Waals surface area contributed by atoms with Crippen LogP contribution in [-0.2, 0) is 13.1 Å². The highest BCUT2D eigenvalue weighted by Gasteiger charge is 2.04. The minimum atomic E-state index is 0.615. The molecule has 4 nitrogen and oxygen atoms in total. The molecule has 1 aromatic heterocycles. The molecule has 78 valence electrons. The summed E-state index contributed by atoms with van der Waals surface area (Å²) in [4.78, 5) is 0. The van der Waals surface area contributed by atoms with Crippen LogP contribution >= 0.6 is 0 Å². The molecule has 1 rings (SSSR count). The van der Waals surface area contributed by atoms with E-state index in [-0.39, 0.29) is 0 Å². The van der Waals surface area contributed by atoms with E-state index in [1.807, 2.05) is 6.08 Å². The van der Waals surface area contributed by atoms with Crippen molar-refractivity contribution in [1.82, 2.24) is 20.1 Å². The van der Waals surface area contributed by atoms with Gasteiger partial charge in [0.2, 0.25) is 0 Å². The molecule has 0 unspecified atom stereocenters. The molecule has 0 radical (unpaired) electrons. The summed E-state index contributed by atoms with van der Waals surface area (Å²) in [5.41, 5.74) is 0. The van der Waals surface area contributed by atoms with Gasteiger partial charge in [0.1, 0.15) is 12.2 Å². The van der Waals surface area contributed by atoms with Gasteiger partial charge < -0.3 is 9.88 Å². The summed E-state index contributed by atoms with van der Waals surface area (Å²) in [6.07, 6.45) is 3.62. The quantitative estimate of drug-likeness (QED) is 0.547. The number of nitrogens with zero attached hydrogens (tertiary/aromatic N) is 3. The molecule has 1 aromatic rings. The Hall–Kier alpha value is -1.16. The van der Waals surface area contributed by atoms with Crippen LogP contribution in [-0.4, -0.2) is 21.3 Å². The Morgan fingerprint density at radius 3 is 3.07 bits per heavy atom. The number of aromatic nitrogens is 3. The van der Waals surface area contributed by atoms with Crippen molar-refractivity contribution in [2.24, 2.45) is 5.92 Å². The van der Waals surface area contributed by atoms with Crippen molar-refractivity contribution in [3.05, 3.63) is 24.8 Å². The molecule has 0 bridgehead atoms. The predicted molar refractivity (Wildman–Crippen MR) is 56.8 cm³/mol. The monoisotopic (exact) mass is 194 g/mol. The Kier molecular flexibility index (Phi) is 4.32. The topological polar surface area (TPSA) is 42.7 Å². The first-order chi connectivity index (χ1) is 6.74. The van der Waals surface area contributed by atoms with Crippen LogP contribution < -0.4 is 5.32 Å². The fraction of sp³-hybridized carbons (Fsp3) is 0.600. The molecule has 0 amide bonds. The summed E-state index contributed by atoms with van der Waals surface area (Å²) in [5, 5.41) is 11.2. The molecule has 0 aliphatic rings. The predicted octanol–water partition coefficient (Wildman–Crippen LogP) is 1.21. The van der Waals surface area contributed by atoms with Crippen LogP contribution in [0.1, 0.15) is 19.7 Å². The SMILES string of the molecule is C=CCNCc1nncn1CC(C)C. The molecule has 1 N–H and O–H groups in total. The molecular weight excluding hydrogens is 176 g/mol. The highest BCUT2D eigenvalue weighted by atomic mass is 15.3. The minimum Gasteiger partial charge on any atom is -0.316 e. The second-order valence-electron chi connectivity index (χ2n) is 3.71. The van der Waals surface area contributed by atoms with Crippen LogP contribution in [0.3, 0.4) is 0 Å². The Balaban J connectivity index is 2.49. The largest absolute Gasteiger partial charge is 0.316 e. The van der Waals surface area contributed by atoms with Gasteiger partial charge in [-0.2, -0.15) is 0 Å². The van der Waals surface area contributed by atoms with Crippen molar-refractivity contribution in [2.75, 3.05) is 6.54 Å². The van der Waals surface area contributed by atoms with Gasteiger partial charge >= 0.3 is 0 Å². The van der Waals surface area contributed by atoms with E-state index in [0.29, 0.717) is 5.92 Å². The second-order valence-corrected chi connectivity index (χ2v) is 3.71. The van der Waals surface area contributed by atoms with E-state index < -0.39 is 0 Å². The van der Waals surface area contributed by atoms with Gasteiger partial charge in [0.15, 0.2) is 0 Å². The van der Waals surface area contributed by atoms with E-state index in [0.717, 1.165) is 25.5 Å². The molecule has 0 aromatic carbocycles. The van der Waals surface area contributed by atoms with Crippen molar-refractivity contribution < 1.29 is 0 Å². The molecule has 0 saturated heterocycles. The maximum absolute atomic E-state index is 4.06. The van der Waals surface area contributed by atoms with Gasteiger partial charge in [-0.25, -0.2) is 0 Å². The summed E-state index contributed by atoms with van der Waals surface area (Å²) in [7, 11) is 0. The van der Waals surface area contributed by atoms with Crippen LogP contribution in [0.25, 0.3) is 0 Å². The smallest absolute Gasteiger partial charge is 0.146 e. The zero-order chi connectivity index (χ0) is 10.4. The van der Waals surface area contributed by atoms with Crippen molar-refractivity contribution in [1.29, 1.82) is 0 Å². The average molecular weight is 194 g/mol. The summed E-state index contributed by atoms with van der Waals surface area (Å²) in [5.74, 6) is 1.60. The summed E-state index contributed by atoms with van der Waals surface area (Å²) in [6.45, 7) is 10.5. The first kappa shape index (κ1) is 10.9. The molecule has 14 heavy (non-hydrogen) atoms. The van der Waals surface area contributed by atoms with Gasteiger partial charge in [-0.05, 0) is 5.92 Å². The molecule has 0 spiro atoms. The Bertz CT molecular complexity index is 277. The third-order valence-electron chi connectivity index (χ3n) is 1.83. The van der Waals surface area contributed by atoms with Gasteiger partial charge in [0, 0.05) is 13.1 Å². The zero-order valence-corrected chi connectivity index (χ0v) is 8.90. The molecule has 4 heteroatoms. The van der Waals surface area contributed by atoms with Crippen molar-refractivity contribution in [3.8, 4) is 0 Å². The lowest BCUT2D eigenvalue weighted by Gasteiger charge is -2.08. The Morgan fingerprint density at radius 1 is 1.64 bits per heavy atom. The van der Waals surface area contributed by atoms with Crippen molar-refractivity contribution >= 4 is 0 Å². The molecule has 0 saturated carbocycles. The number of hydrogen-bond donors (Lipinski definition) is 1. The fourth-order valence-corrected chi connectivity index (χ4v) is 1.25. The molecule has 0 atom stereocenters. The summed E-state index contributed by atoms with van der Waals surface area (Å²) < 4.78 is 2.08.